The monoisotopic (exact) mass is 401 g/mol. The summed E-state index contributed by atoms with van der Waals surface area (Å²) in [6.07, 6.45) is 0.885. The fourth-order valence-corrected chi connectivity index (χ4v) is 2.96. The molecular formula is C23H28FNO4. The second-order valence-electron chi connectivity index (χ2n) is 7.44. The lowest BCUT2D eigenvalue weighted by molar-refractivity contribution is -0.148. The zero-order chi connectivity index (χ0) is 21.4. The molecule has 2 rings (SSSR count). The lowest BCUT2D eigenvalue weighted by Crippen LogP contribution is -2.31. The molecule has 0 aromatic heterocycles. The van der Waals surface area contributed by atoms with Crippen molar-refractivity contribution in [3.05, 3.63) is 65.0 Å². The normalized spacial score (nSPS) is 11.8. The molecule has 2 aromatic rings. The molecule has 0 unspecified atom stereocenters. The minimum atomic E-state index is -0.601. The van der Waals surface area contributed by atoms with Gasteiger partial charge in [0.1, 0.15) is 0 Å². The number of halogens is 1. The van der Waals surface area contributed by atoms with Gasteiger partial charge in [0.05, 0.1) is 19.6 Å². The van der Waals surface area contributed by atoms with Crippen molar-refractivity contribution in [2.45, 2.75) is 39.7 Å². The number of benzene rings is 2. The summed E-state index contributed by atoms with van der Waals surface area (Å²) in [6.45, 7) is 5.83. The Morgan fingerprint density at radius 2 is 1.69 bits per heavy atom. The molecule has 0 saturated heterocycles. The second kappa shape index (κ2) is 10.6. The van der Waals surface area contributed by atoms with Crippen molar-refractivity contribution in [3.8, 4) is 5.75 Å². The fourth-order valence-electron chi connectivity index (χ4n) is 2.96. The highest BCUT2D eigenvalue weighted by atomic mass is 19.1. The Hall–Kier alpha value is -2.89. The molecule has 0 bridgehead atoms. The maximum absolute atomic E-state index is 13.7. The number of methoxy groups -OCH3 is 1. The quantitative estimate of drug-likeness (QED) is 0.645. The molecule has 1 amide bonds. The summed E-state index contributed by atoms with van der Waals surface area (Å²) >= 11 is 0. The lowest BCUT2D eigenvalue weighted by Gasteiger charge is -2.15. The van der Waals surface area contributed by atoms with Crippen LogP contribution < -0.4 is 10.1 Å². The van der Waals surface area contributed by atoms with E-state index in [4.69, 9.17) is 9.47 Å². The van der Waals surface area contributed by atoms with Gasteiger partial charge in [0, 0.05) is 0 Å². The SMILES string of the molecule is COc1ccc(CC(=O)OCC(=O)N[C@@H](C)c2ccc(CC(C)C)cc2)cc1F. The number of esters is 1. The average Bonchev–Trinajstić information content (AvgIpc) is 2.66. The molecule has 1 atom stereocenters. The van der Waals surface area contributed by atoms with E-state index in [-0.39, 0.29) is 24.8 Å². The topological polar surface area (TPSA) is 64.6 Å². The van der Waals surface area contributed by atoms with Crippen molar-refractivity contribution in [2.24, 2.45) is 5.92 Å². The van der Waals surface area contributed by atoms with Crippen LogP contribution in [0.3, 0.4) is 0 Å². The van der Waals surface area contributed by atoms with Crippen LogP contribution in [0.4, 0.5) is 4.39 Å². The number of hydrogen-bond acceptors (Lipinski definition) is 4. The maximum Gasteiger partial charge on any atom is 0.310 e. The van der Waals surface area contributed by atoms with E-state index in [0.717, 1.165) is 12.0 Å². The molecule has 0 fully saturated rings. The van der Waals surface area contributed by atoms with Gasteiger partial charge in [-0.05, 0) is 48.1 Å². The molecule has 0 aliphatic carbocycles. The zero-order valence-corrected chi connectivity index (χ0v) is 17.3. The minimum Gasteiger partial charge on any atom is -0.494 e. The average molecular weight is 401 g/mol. The van der Waals surface area contributed by atoms with E-state index >= 15 is 0 Å². The first kappa shape index (κ1) is 22.4. The number of hydrogen-bond donors (Lipinski definition) is 1. The number of nitrogens with one attached hydrogen (secondary N) is 1. The van der Waals surface area contributed by atoms with Gasteiger partial charge in [0.2, 0.25) is 0 Å². The van der Waals surface area contributed by atoms with Crippen LogP contribution in [-0.4, -0.2) is 25.6 Å². The van der Waals surface area contributed by atoms with Crippen molar-refractivity contribution >= 4 is 11.9 Å². The third-order valence-electron chi connectivity index (χ3n) is 4.43. The van der Waals surface area contributed by atoms with Gasteiger partial charge in [-0.1, -0.05) is 44.2 Å². The van der Waals surface area contributed by atoms with E-state index in [2.05, 4.69) is 31.3 Å². The number of carbonyl (C=O) groups excluding carboxylic acids is 2. The largest absolute Gasteiger partial charge is 0.494 e. The molecule has 0 aliphatic heterocycles. The van der Waals surface area contributed by atoms with Crippen LogP contribution in [0.15, 0.2) is 42.5 Å². The van der Waals surface area contributed by atoms with Gasteiger partial charge in [-0.25, -0.2) is 4.39 Å². The summed E-state index contributed by atoms with van der Waals surface area (Å²) in [4.78, 5) is 24.0. The first-order chi connectivity index (χ1) is 13.8. The summed E-state index contributed by atoms with van der Waals surface area (Å²) < 4.78 is 23.5. The Kier molecular flexibility index (Phi) is 8.19. The Morgan fingerprint density at radius 1 is 1.03 bits per heavy atom. The molecule has 156 valence electrons. The minimum absolute atomic E-state index is 0.104. The van der Waals surface area contributed by atoms with Gasteiger partial charge in [0.25, 0.3) is 5.91 Å². The first-order valence-electron chi connectivity index (χ1n) is 9.64. The zero-order valence-electron chi connectivity index (χ0n) is 17.3. The number of carbonyl (C=O) groups is 2. The van der Waals surface area contributed by atoms with Gasteiger partial charge in [-0.15, -0.1) is 0 Å². The highest BCUT2D eigenvalue weighted by Gasteiger charge is 2.13. The summed E-state index contributed by atoms with van der Waals surface area (Å²) in [7, 11) is 1.37. The summed E-state index contributed by atoms with van der Waals surface area (Å²) in [5.74, 6) is -0.855. The van der Waals surface area contributed by atoms with Crippen molar-refractivity contribution in [3.63, 3.8) is 0 Å². The fraction of sp³-hybridized carbons (Fsp3) is 0.391. The standard InChI is InChI=1S/C23H28FNO4/c1-15(2)11-17-5-8-19(9-6-17)16(3)25-22(26)14-29-23(27)13-18-7-10-21(28-4)20(24)12-18/h5-10,12,15-16H,11,13-14H2,1-4H3,(H,25,26)/t16-/m0/s1. The van der Waals surface area contributed by atoms with E-state index in [1.807, 2.05) is 19.1 Å². The van der Waals surface area contributed by atoms with E-state index in [1.165, 1.54) is 24.8 Å². The van der Waals surface area contributed by atoms with Gasteiger partial charge < -0.3 is 14.8 Å². The molecule has 5 nitrogen and oxygen atoms in total. The maximum atomic E-state index is 13.7. The molecule has 0 aliphatic rings. The molecule has 0 spiro atoms. The first-order valence-corrected chi connectivity index (χ1v) is 9.64. The van der Waals surface area contributed by atoms with Gasteiger partial charge in [0.15, 0.2) is 18.2 Å². The van der Waals surface area contributed by atoms with Crippen molar-refractivity contribution in [2.75, 3.05) is 13.7 Å². The van der Waals surface area contributed by atoms with Crippen LogP contribution in [0.25, 0.3) is 0 Å². The van der Waals surface area contributed by atoms with E-state index < -0.39 is 17.7 Å². The van der Waals surface area contributed by atoms with Crippen LogP contribution in [0, 0.1) is 11.7 Å². The molecule has 1 N–H and O–H groups in total. The van der Waals surface area contributed by atoms with Gasteiger partial charge in [-0.3, -0.25) is 9.59 Å². The van der Waals surface area contributed by atoms with Crippen molar-refractivity contribution in [1.82, 2.24) is 5.32 Å². The Morgan fingerprint density at radius 3 is 2.28 bits per heavy atom. The van der Waals surface area contributed by atoms with Crippen molar-refractivity contribution in [1.29, 1.82) is 0 Å². The Balaban J connectivity index is 1.79. The highest BCUT2D eigenvalue weighted by Crippen LogP contribution is 2.18. The summed E-state index contributed by atoms with van der Waals surface area (Å²) in [5.41, 5.74) is 2.68. The molecule has 0 heterocycles. The molecule has 29 heavy (non-hydrogen) atoms. The number of ether oxygens (including phenoxy) is 2. The van der Waals surface area contributed by atoms with E-state index in [0.29, 0.717) is 11.5 Å². The molecular weight excluding hydrogens is 373 g/mol. The summed E-state index contributed by atoms with van der Waals surface area (Å²) in [6, 6.07) is 12.1. The Labute approximate surface area is 171 Å². The van der Waals surface area contributed by atoms with Crippen LogP contribution >= 0.6 is 0 Å². The Bertz CT molecular complexity index is 833. The van der Waals surface area contributed by atoms with Crippen LogP contribution in [-0.2, 0) is 27.2 Å². The number of amides is 1. The predicted molar refractivity (Wildman–Crippen MR) is 109 cm³/mol. The summed E-state index contributed by atoms with van der Waals surface area (Å²) in [5, 5.41) is 2.81. The lowest BCUT2D eigenvalue weighted by atomic mass is 10.00. The third-order valence-corrected chi connectivity index (χ3v) is 4.43. The predicted octanol–water partition coefficient (Wildman–Crippen LogP) is 4.00. The highest BCUT2D eigenvalue weighted by molar-refractivity contribution is 5.81. The van der Waals surface area contributed by atoms with Gasteiger partial charge >= 0.3 is 5.97 Å². The van der Waals surface area contributed by atoms with Crippen LogP contribution in [0.2, 0.25) is 0 Å². The van der Waals surface area contributed by atoms with Crippen molar-refractivity contribution < 1.29 is 23.5 Å². The van der Waals surface area contributed by atoms with Crippen LogP contribution in [0.1, 0.15) is 43.5 Å². The molecule has 2 aromatic carbocycles. The van der Waals surface area contributed by atoms with E-state index in [9.17, 15) is 14.0 Å². The molecule has 0 radical (unpaired) electrons. The smallest absolute Gasteiger partial charge is 0.310 e. The molecule has 0 saturated carbocycles. The van der Waals surface area contributed by atoms with Gasteiger partial charge in [-0.2, -0.15) is 0 Å². The molecule has 6 heteroatoms. The number of rotatable bonds is 9. The third kappa shape index (κ3) is 7.22. The second-order valence-corrected chi connectivity index (χ2v) is 7.44. The van der Waals surface area contributed by atoms with E-state index in [1.54, 1.807) is 6.07 Å². The van der Waals surface area contributed by atoms with Crippen LogP contribution in [0.5, 0.6) is 5.75 Å².